The van der Waals surface area contributed by atoms with E-state index < -0.39 is 12.0 Å². The van der Waals surface area contributed by atoms with Crippen LogP contribution >= 0.6 is 0 Å². The van der Waals surface area contributed by atoms with Gasteiger partial charge in [-0.05, 0) is 56.7 Å². The highest BCUT2D eigenvalue weighted by Crippen LogP contribution is 2.23. The maximum Gasteiger partial charge on any atom is 0.326 e. The smallest absolute Gasteiger partial charge is 0.326 e. The van der Waals surface area contributed by atoms with Gasteiger partial charge in [0.15, 0.2) is 0 Å². The molecule has 1 fully saturated rings. The topological polar surface area (TPSA) is 69.6 Å². The summed E-state index contributed by atoms with van der Waals surface area (Å²) in [4.78, 5) is 25.8. The van der Waals surface area contributed by atoms with Crippen molar-refractivity contribution in [1.29, 1.82) is 0 Å². The van der Waals surface area contributed by atoms with Gasteiger partial charge in [-0.2, -0.15) is 0 Å². The predicted molar refractivity (Wildman–Crippen MR) is 98.3 cm³/mol. The molecule has 0 aromatic heterocycles. The summed E-state index contributed by atoms with van der Waals surface area (Å²) in [5.74, 6) is -0.652. The minimum absolute atomic E-state index is 0.134. The fourth-order valence-electron chi connectivity index (χ4n) is 3.45. The molecule has 2 atom stereocenters. The Balaban J connectivity index is 1.83. The lowest BCUT2D eigenvalue weighted by Crippen LogP contribution is -2.53. The Morgan fingerprint density at radius 3 is 2.28 bits per heavy atom. The zero-order valence-corrected chi connectivity index (χ0v) is 15.4. The normalized spacial score (nSPS) is 18.7. The van der Waals surface area contributed by atoms with Crippen LogP contribution in [0.25, 0.3) is 0 Å². The molecule has 1 aliphatic heterocycles. The molecular formula is C20H30N2O3. The molecule has 0 bridgehead atoms. The minimum Gasteiger partial charge on any atom is -0.480 e. The number of aliphatic carboxylic acids is 1. The van der Waals surface area contributed by atoms with Crippen LogP contribution in [-0.2, 0) is 16.0 Å². The van der Waals surface area contributed by atoms with E-state index in [1.54, 1.807) is 13.8 Å². The van der Waals surface area contributed by atoms with Gasteiger partial charge in [0.05, 0.1) is 6.04 Å². The second-order valence-electron chi connectivity index (χ2n) is 7.41. The van der Waals surface area contributed by atoms with Gasteiger partial charge >= 0.3 is 5.97 Å². The Morgan fingerprint density at radius 1 is 1.16 bits per heavy atom. The SMILES string of the molecule is CC(C)[C@H](NC(=O)C(C)N1CCC(Cc2ccccc2)CC1)C(=O)O. The molecule has 2 N–H and O–H groups in total. The average Bonchev–Trinajstić information content (AvgIpc) is 2.59. The molecule has 0 spiro atoms. The van der Waals surface area contributed by atoms with E-state index in [4.69, 9.17) is 0 Å². The standard InChI is InChI=1S/C20H30N2O3/c1-14(2)18(20(24)25)21-19(23)15(3)22-11-9-17(10-12-22)13-16-7-5-4-6-8-16/h4-8,14-15,17-18H,9-13H2,1-3H3,(H,21,23)(H,24,25)/t15?,18-/m0/s1. The quantitative estimate of drug-likeness (QED) is 0.796. The number of hydrogen-bond donors (Lipinski definition) is 2. The van der Waals surface area contributed by atoms with Crippen molar-refractivity contribution in [2.45, 2.75) is 52.1 Å². The number of amides is 1. The van der Waals surface area contributed by atoms with Crippen molar-refractivity contribution < 1.29 is 14.7 Å². The third kappa shape index (κ3) is 5.56. The van der Waals surface area contributed by atoms with Crippen molar-refractivity contribution in [3.8, 4) is 0 Å². The number of likely N-dealkylation sites (tertiary alicyclic amines) is 1. The highest BCUT2D eigenvalue weighted by Gasteiger charge is 2.30. The van der Waals surface area contributed by atoms with Gasteiger partial charge in [-0.1, -0.05) is 44.2 Å². The lowest BCUT2D eigenvalue weighted by Gasteiger charge is -2.36. The molecule has 138 valence electrons. The summed E-state index contributed by atoms with van der Waals surface area (Å²) in [5, 5.41) is 11.9. The van der Waals surface area contributed by atoms with E-state index in [1.165, 1.54) is 5.56 Å². The van der Waals surface area contributed by atoms with Crippen LogP contribution in [0.1, 0.15) is 39.2 Å². The number of carbonyl (C=O) groups is 2. The van der Waals surface area contributed by atoms with E-state index in [9.17, 15) is 14.7 Å². The third-order valence-corrected chi connectivity index (χ3v) is 5.17. The Hall–Kier alpha value is -1.88. The van der Waals surface area contributed by atoms with Crippen LogP contribution in [0.5, 0.6) is 0 Å². The van der Waals surface area contributed by atoms with Crippen LogP contribution in [-0.4, -0.2) is 47.1 Å². The average molecular weight is 346 g/mol. The van der Waals surface area contributed by atoms with Crippen LogP contribution in [0.4, 0.5) is 0 Å². The maximum absolute atomic E-state index is 12.4. The van der Waals surface area contributed by atoms with Crippen LogP contribution in [0.15, 0.2) is 30.3 Å². The Bertz CT molecular complexity index is 566. The van der Waals surface area contributed by atoms with E-state index in [1.807, 2.05) is 13.0 Å². The first-order valence-corrected chi connectivity index (χ1v) is 9.19. The predicted octanol–water partition coefficient (Wildman–Crippen LogP) is 2.55. The van der Waals surface area contributed by atoms with E-state index in [2.05, 4.69) is 34.5 Å². The van der Waals surface area contributed by atoms with Gasteiger partial charge in [-0.15, -0.1) is 0 Å². The number of carboxylic acid groups (broad SMARTS) is 1. The molecule has 0 radical (unpaired) electrons. The number of nitrogens with zero attached hydrogens (tertiary/aromatic N) is 1. The minimum atomic E-state index is -0.975. The third-order valence-electron chi connectivity index (χ3n) is 5.17. The van der Waals surface area contributed by atoms with E-state index >= 15 is 0 Å². The molecule has 5 heteroatoms. The Labute approximate surface area is 150 Å². The maximum atomic E-state index is 12.4. The molecule has 0 saturated carbocycles. The molecule has 1 amide bonds. The number of rotatable bonds is 7. The zero-order valence-electron chi connectivity index (χ0n) is 15.4. The van der Waals surface area contributed by atoms with Crippen molar-refractivity contribution in [3.05, 3.63) is 35.9 Å². The summed E-state index contributed by atoms with van der Waals surface area (Å²) in [5.41, 5.74) is 1.37. The monoisotopic (exact) mass is 346 g/mol. The number of carbonyl (C=O) groups excluding carboxylic acids is 1. The Morgan fingerprint density at radius 2 is 1.76 bits per heavy atom. The second kappa shape index (κ2) is 8.99. The van der Waals surface area contributed by atoms with Crippen LogP contribution in [0, 0.1) is 11.8 Å². The number of benzene rings is 1. The number of hydrogen-bond acceptors (Lipinski definition) is 3. The molecule has 0 aliphatic carbocycles. The van der Waals surface area contributed by atoms with Gasteiger partial charge in [0.2, 0.25) is 5.91 Å². The van der Waals surface area contributed by atoms with Crippen molar-refractivity contribution >= 4 is 11.9 Å². The lowest BCUT2D eigenvalue weighted by molar-refractivity contribution is -0.144. The van der Waals surface area contributed by atoms with E-state index in [0.717, 1.165) is 32.4 Å². The zero-order chi connectivity index (χ0) is 18.4. The molecule has 1 saturated heterocycles. The van der Waals surface area contributed by atoms with Crippen molar-refractivity contribution in [2.75, 3.05) is 13.1 Å². The fraction of sp³-hybridized carbons (Fsp3) is 0.600. The molecule has 1 heterocycles. The van der Waals surface area contributed by atoms with Crippen LogP contribution < -0.4 is 5.32 Å². The largest absolute Gasteiger partial charge is 0.480 e. The van der Waals surface area contributed by atoms with Crippen molar-refractivity contribution in [1.82, 2.24) is 10.2 Å². The first-order chi connectivity index (χ1) is 11.9. The Kier molecular flexibility index (Phi) is 7.00. The number of carboxylic acids is 1. The first kappa shape index (κ1) is 19.4. The van der Waals surface area contributed by atoms with E-state index in [0.29, 0.717) is 5.92 Å². The molecule has 25 heavy (non-hydrogen) atoms. The molecule has 1 aromatic rings. The van der Waals surface area contributed by atoms with Gasteiger partial charge in [-0.3, -0.25) is 9.69 Å². The van der Waals surface area contributed by atoms with Gasteiger partial charge in [-0.25, -0.2) is 4.79 Å². The molecular weight excluding hydrogens is 316 g/mol. The van der Waals surface area contributed by atoms with Gasteiger partial charge in [0, 0.05) is 0 Å². The van der Waals surface area contributed by atoms with Crippen LogP contribution in [0.2, 0.25) is 0 Å². The summed E-state index contributed by atoms with van der Waals surface area (Å²) in [6, 6.07) is 9.40. The van der Waals surface area contributed by atoms with Crippen molar-refractivity contribution in [2.24, 2.45) is 11.8 Å². The molecule has 1 unspecified atom stereocenters. The lowest BCUT2D eigenvalue weighted by atomic mass is 9.89. The summed E-state index contributed by atoms with van der Waals surface area (Å²) in [6.07, 6.45) is 3.22. The number of nitrogens with one attached hydrogen (secondary N) is 1. The molecule has 2 rings (SSSR count). The molecule has 1 aliphatic rings. The van der Waals surface area contributed by atoms with Gasteiger partial charge in [0.1, 0.15) is 6.04 Å². The summed E-state index contributed by atoms with van der Waals surface area (Å²) in [6.45, 7) is 7.24. The van der Waals surface area contributed by atoms with Crippen molar-refractivity contribution in [3.63, 3.8) is 0 Å². The number of piperidine rings is 1. The summed E-state index contributed by atoms with van der Waals surface area (Å²) >= 11 is 0. The first-order valence-electron chi connectivity index (χ1n) is 9.19. The molecule has 1 aromatic carbocycles. The van der Waals surface area contributed by atoms with E-state index in [-0.39, 0.29) is 17.9 Å². The van der Waals surface area contributed by atoms with Crippen LogP contribution in [0.3, 0.4) is 0 Å². The highest BCUT2D eigenvalue weighted by molar-refractivity contribution is 5.86. The highest BCUT2D eigenvalue weighted by atomic mass is 16.4. The fourth-order valence-corrected chi connectivity index (χ4v) is 3.45. The second-order valence-corrected chi connectivity index (χ2v) is 7.41. The summed E-state index contributed by atoms with van der Waals surface area (Å²) in [7, 11) is 0. The molecule has 5 nitrogen and oxygen atoms in total. The van der Waals surface area contributed by atoms with Gasteiger partial charge in [0.25, 0.3) is 0 Å². The summed E-state index contributed by atoms with van der Waals surface area (Å²) < 4.78 is 0. The van der Waals surface area contributed by atoms with Gasteiger partial charge < -0.3 is 10.4 Å².